The van der Waals surface area contributed by atoms with Crippen LogP contribution in [0.3, 0.4) is 0 Å². The van der Waals surface area contributed by atoms with Gasteiger partial charge in [0.1, 0.15) is 5.82 Å². The number of rotatable bonds is 5. The molecule has 0 bridgehead atoms. The number of aromatic nitrogens is 1. The molecule has 1 aromatic rings. The summed E-state index contributed by atoms with van der Waals surface area (Å²) in [6.45, 7) is 6.13. The van der Waals surface area contributed by atoms with Crippen molar-refractivity contribution in [3.63, 3.8) is 0 Å². The summed E-state index contributed by atoms with van der Waals surface area (Å²) in [6.07, 6.45) is 3.54. The Balaban J connectivity index is 2.80. The van der Waals surface area contributed by atoms with Crippen molar-refractivity contribution in [2.45, 2.75) is 45.8 Å². The van der Waals surface area contributed by atoms with E-state index in [9.17, 15) is 5.11 Å². The molecule has 0 saturated carbocycles. The number of pyridine rings is 1. The molecule has 0 aliphatic heterocycles. The van der Waals surface area contributed by atoms with Gasteiger partial charge in [-0.1, -0.05) is 19.9 Å². The van der Waals surface area contributed by atoms with Gasteiger partial charge in [-0.15, -0.1) is 0 Å². The number of aliphatic hydroxyl groups excluding tert-OH is 1. The molecule has 16 heavy (non-hydrogen) atoms. The van der Waals surface area contributed by atoms with Crippen LogP contribution in [0, 0.1) is 0 Å². The Hall–Kier alpha value is -1.09. The van der Waals surface area contributed by atoms with Crippen molar-refractivity contribution in [2.75, 3.05) is 11.9 Å². The van der Waals surface area contributed by atoms with Gasteiger partial charge in [0, 0.05) is 19.3 Å². The second kappa shape index (κ2) is 5.85. The smallest absolute Gasteiger partial charge is 0.128 e. The van der Waals surface area contributed by atoms with E-state index in [-0.39, 0.29) is 0 Å². The third-order valence-corrected chi connectivity index (χ3v) is 3.10. The van der Waals surface area contributed by atoms with Crippen LogP contribution >= 0.6 is 0 Å². The molecular formula is C13H22N2O. The fourth-order valence-electron chi connectivity index (χ4n) is 1.88. The van der Waals surface area contributed by atoms with Crippen LogP contribution in [-0.4, -0.2) is 23.2 Å². The van der Waals surface area contributed by atoms with E-state index in [1.165, 1.54) is 0 Å². The topological polar surface area (TPSA) is 36.4 Å². The summed E-state index contributed by atoms with van der Waals surface area (Å²) in [6, 6.07) is 4.44. The SMILES string of the molecule is CCC(CC)N(C)c1ccc([C@H](C)O)cn1. The van der Waals surface area contributed by atoms with Gasteiger partial charge in [0.2, 0.25) is 0 Å². The molecular weight excluding hydrogens is 200 g/mol. The van der Waals surface area contributed by atoms with E-state index in [1.807, 2.05) is 12.1 Å². The molecule has 0 aliphatic rings. The van der Waals surface area contributed by atoms with E-state index in [0.717, 1.165) is 24.2 Å². The van der Waals surface area contributed by atoms with E-state index < -0.39 is 6.10 Å². The Morgan fingerprint density at radius 1 is 1.31 bits per heavy atom. The van der Waals surface area contributed by atoms with Gasteiger partial charge < -0.3 is 10.0 Å². The average molecular weight is 222 g/mol. The molecule has 0 spiro atoms. The molecule has 1 rings (SSSR count). The second-order valence-electron chi connectivity index (χ2n) is 4.21. The van der Waals surface area contributed by atoms with Crippen molar-refractivity contribution >= 4 is 5.82 Å². The molecule has 0 unspecified atom stereocenters. The first-order valence-electron chi connectivity index (χ1n) is 5.97. The molecule has 0 aromatic carbocycles. The Kier molecular flexibility index (Phi) is 4.74. The van der Waals surface area contributed by atoms with Gasteiger partial charge in [-0.2, -0.15) is 0 Å². The van der Waals surface area contributed by atoms with E-state index in [1.54, 1.807) is 13.1 Å². The Morgan fingerprint density at radius 3 is 2.31 bits per heavy atom. The fraction of sp³-hybridized carbons (Fsp3) is 0.615. The quantitative estimate of drug-likeness (QED) is 0.832. The lowest BCUT2D eigenvalue weighted by Crippen LogP contribution is -2.30. The summed E-state index contributed by atoms with van der Waals surface area (Å²) in [5.74, 6) is 0.970. The van der Waals surface area contributed by atoms with Crippen molar-refractivity contribution in [1.82, 2.24) is 4.98 Å². The van der Waals surface area contributed by atoms with Gasteiger partial charge in [-0.25, -0.2) is 4.98 Å². The summed E-state index contributed by atoms with van der Waals surface area (Å²) in [5.41, 5.74) is 0.863. The van der Waals surface area contributed by atoms with Crippen LogP contribution in [0.2, 0.25) is 0 Å². The number of aliphatic hydroxyl groups is 1. The minimum Gasteiger partial charge on any atom is -0.389 e. The highest BCUT2D eigenvalue weighted by molar-refractivity contribution is 5.39. The molecule has 3 heteroatoms. The van der Waals surface area contributed by atoms with Crippen LogP contribution in [0.1, 0.15) is 45.3 Å². The van der Waals surface area contributed by atoms with Crippen LogP contribution in [0.15, 0.2) is 18.3 Å². The van der Waals surface area contributed by atoms with Gasteiger partial charge >= 0.3 is 0 Å². The number of nitrogens with zero attached hydrogens (tertiary/aromatic N) is 2. The van der Waals surface area contributed by atoms with Crippen LogP contribution in [0.5, 0.6) is 0 Å². The van der Waals surface area contributed by atoms with E-state index in [4.69, 9.17) is 0 Å². The second-order valence-corrected chi connectivity index (χ2v) is 4.21. The van der Waals surface area contributed by atoms with Crippen LogP contribution in [0.4, 0.5) is 5.82 Å². The molecule has 0 aliphatic carbocycles. The highest BCUT2D eigenvalue weighted by Gasteiger charge is 2.12. The largest absolute Gasteiger partial charge is 0.389 e. The van der Waals surface area contributed by atoms with E-state index >= 15 is 0 Å². The molecule has 0 fully saturated rings. The molecule has 90 valence electrons. The van der Waals surface area contributed by atoms with Gasteiger partial charge in [-0.3, -0.25) is 0 Å². The summed E-state index contributed by atoms with van der Waals surface area (Å²) < 4.78 is 0. The molecule has 0 amide bonds. The highest BCUT2D eigenvalue weighted by Crippen LogP contribution is 2.18. The van der Waals surface area contributed by atoms with Gasteiger partial charge in [0.05, 0.1) is 6.10 Å². The van der Waals surface area contributed by atoms with E-state index in [0.29, 0.717) is 6.04 Å². The van der Waals surface area contributed by atoms with Crippen LogP contribution in [0.25, 0.3) is 0 Å². The Bertz CT molecular complexity index is 304. The molecule has 3 nitrogen and oxygen atoms in total. The first-order valence-corrected chi connectivity index (χ1v) is 5.97. The zero-order valence-electron chi connectivity index (χ0n) is 10.6. The molecule has 1 atom stereocenters. The normalized spacial score (nSPS) is 12.9. The van der Waals surface area contributed by atoms with Gasteiger partial charge in [0.15, 0.2) is 0 Å². The van der Waals surface area contributed by atoms with Crippen LogP contribution in [-0.2, 0) is 0 Å². The molecule has 0 saturated heterocycles. The van der Waals surface area contributed by atoms with Crippen molar-refractivity contribution in [3.05, 3.63) is 23.9 Å². The monoisotopic (exact) mass is 222 g/mol. The maximum Gasteiger partial charge on any atom is 0.128 e. The molecule has 1 heterocycles. The zero-order chi connectivity index (χ0) is 12.1. The molecule has 0 radical (unpaired) electrons. The maximum atomic E-state index is 9.40. The lowest BCUT2D eigenvalue weighted by atomic mass is 10.1. The zero-order valence-corrected chi connectivity index (χ0v) is 10.6. The third kappa shape index (κ3) is 2.95. The first-order chi connectivity index (χ1) is 7.60. The maximum absolute atomic E-state index is 9.40. The third-order valence-electron chi connectivity index (χ3n) is 3.10. The predicted octanol–water partition coefficient (Wildman–Crippen LogP) is 2.76. The van der Waals surface area contributed by atoms with Gasteiger partial charge in [0.25, 0.3) is 0 Å². The predicted molar refractivity (Wildman–Crippen MR) is 67.6 cm³/mol. The molecule has 1 N–H and O–H groups in total. The summed E-state index contributed by atoms with van der Waals surface area (Å²) in [7, 11) is 2.07. The number of anilines is 1. The van der Waals surface area contributed by atoms with E-state index in [2.05, 4.69) is 30.8 Å². The Labute approximate surface area is 98.1 Å². The summed E-state index contributed by atoms with van der Waals surface area (Å²) in [5, 5.41) is 9.40. The summed E-state index contributed by atoms with van der Waals surface area (Å²) in [4.78, 5) is 6.58. The lowest BCUT2D eigenvalue weighted by Gasteiger charge is -2.27. The fourth-order valence-corrected chi connectivity index (χ4v) is 1.88. The average Bonchev–Trinajstić information content (AvgIpc) is 2.30. The summed E-state index contributed by atoms with van der Waals surface area (Å²) >= 11 is 0. The van der Waals surface area contributed by atoms with Crippen LogP contribution < -0.4 is 4.90 Å². The minimum absolute atomic E-state index is 0.444. The van der Waals surface area contributed by atoms with Gasteiger partial charge in [-0.05, 0) is 31.4 Å². The van der Waals surface area contributed by atoms with Crippen molar-refractivity contribution in [2.24, 2.45) is 0 Å². The minimum atomic E-state index is -0.444. The lowest BCUT2D eigenvalue weighted by molar-refractivity contribution is 0.199. The number of hydrogen-bond acceptors (Lipinski definition) is 3. The van der Waals surface area contributed by atoms with Crippen molar-refractivity contribution < 1.29 is 5.11 Å². The standard InChI is InChI=1S/C13H22N2O/c1-5-12(6-2)15(4)13-8-7-11(9-14-13)10(3)16/h7-10,12,16H,5-6H2,1-4H3/t10-/m0/s1. The highest BCUT2D eigenvalue weighted by atomic mass is 16.3. The number of hydrogen-bond donors (Lipinski definition) is 1. The Morgan fingerprint density at radius 2 is 1.94 bits per heavy atom. The van der Waals surface area contributed by atoms with Crippen molar-refractivity contribution in [1.29, 1.82) is 0 Å². The van der Waals surface area contributed by atoms with Crippen molar-refractivity contribution in [3.8, 4) is 0 Å². The molecule has 1 aromatic heterocycles. The first kappa shape index (κ1) is 13.0.